The third-order valence-electron chi connectivity index (χ3n) is 7.73. The van der Waals surface area contributed by atoms with E-state index in [-0.39, 0.29) is 23.9 Å². The second-order valence-electron chi connectivity index (χ2n) is 12.1. The molecule has 4 atom stereocenters. The second kappa shape index (κ2) is 15.4. The Balaban J connectivity index is 1.82. The first kappa shape index (κ1) is 33.4. The van der Waals surface area contributed by atoms with Crippen molar-refractivity contribution in [1.82, 2.24) is 16.0 Å². The van der Waals surface area contributed by atoms with Crippen LogP contribution in [0.4, 0.5) is 11.4 Å². The van der Waals surface area contributed by atoms with Crippen molar-refractivity contribution >= 4 is 33.2 Å². The molecule has 10 heteroatoms. The maximum atomic E-state index is 13.7. The van der Waals surface area contributed by atoms with Crippen molar-refractivity contribution < 1.29 is 18.0 Å². The molecule has 0 radical (unpaired) electrons. The lowest BCUT2D eigenvalue weighted by molar-refractivity contribution is -0.123. The number of carbonyl (C=O) groups is 2. The number of sulfonamides is 1. The molecular weight excluding hydrogens is 550 g/mol. The quantitative estimate of drug-likeness (QED) is 0.218. The molecule has 0 saturated heterocycles. The van der Waals surface area contributed by atoms with Crippen LogP contribution in [-0.4, -0.2) is 65.3 Å². The summed E-state index contributed by atoms with van der Waals surface area (Å²) in [6, 6.07) is 14.4. The number of hydrogen-bond acceptors (Lipinski definition) is 6. The summed E-state index contributed by atoms with van der Waals surface area (Å²) in [5.41, 5.74) is 2.55. The number of rotatable bonds is 17. The number of nitrogens with zero attached hydrogens (tertiary/aromatic N) is 1. The van der Waals surface area contributed by atoms with Crippen LogP contribution in [-0.2, 0) is 21.2 Å². The van der Waals surface area contributed by atoms with Crippen LogP contribution in [0.25, 0.3) is 0 Å². The van der Waals surface area contributed by atoms with E-state index >= 15 is 0 Å². The minimum atomic E-state index is -3.52. The van der Waals surface area contributed by atoms with Crippen molar-refractivity contribution in [2.75, 3.05) is 42.6 Å². The smallest absolute Gasteiger partial charge is 0.251 e. The molecule has 1 aliphatic rings. The second-order valence-corrected chi connectivity index (χ2v) is 14.1. The number of anilines is 2. The standard InChI is InChI=1S/C32H49N5O4S/c1-7-11-30(32(39)35-19-22(2)3)34-21-28(15-24-12-9-8-10-13-24)36-31(38)25-16-27(33-20-26-14-23(26)4)18-29(17-25)37(5)42(6,40)41/h8-10,12-13,16-18,22-23,26,28,30,33-34H,7,11,14-15,19-21H2,1-6H3,(H,35,39)(H,36,38)/t23?,26?,28-,30?/m0/s1. The highest BCUT2D eigenvalue weighted by atomic mass is 32.2. The van der Waals surface area contributed by atoms with Gasteiger partial charge in [-0.1, -0.05) is 64.4 Å². The molecule has 0 spiro atoms. The van der Waals surface area contributed by atoms with E-state index in [0.717, 1.165) is 31.2 Å². The number of amides is 2. The highest BCUT2D eigenvalue weighted by Gasteiger charge is 2.32. The number of nitrogens with one attached hydrogen (secondary N) is 4. The van der Waals surface area contributed by atoms with Crippen LogP contribution in [0.5, 0.6) is 0 Å². The van der Waals surface area contributed by atoms with E-state index in [0.29, 0.717) is 60.6 Å². The van der Waals surface area contributed by atoms with E-state index in [1.807, 2.05) is 37.3 Å². The van der Waals surface area contributed by atoms with Crippen molar-refractivity contribution in [1.29, 1.82) is 0 Å². The Kier molecular flexibility index (Phi) is 12.2. The molecule has 1 aliphatic carbocycles. The minimum Gasteiger partial charge on any atom is -0.385 e. The first-order chi connectivity index (χ1) is 19.9. The summed E-state index contributed by atoms with van der Waals surface area (Å²) in [7, 11) is -2.04. The zero-order valence-corrected chi connectivity index (χ0v) is 26.8. The van der Waals surface area contributed by atoms with Crippen LogP contribution in [0.3, 0.4) is 0 Å². The molecule has 1 fully saturated rings. The molecule has 2 amide bonds. The van der Waals surface area contributed by atoms with Crippen molar-refractivity contribution in [2.45, 2.75) is 65.5 Å². The summed E-state index contributed by atoms with van der Waals surface area (Å²) in [6.07, 6.45) is 4.40. The van der Waals surface area contributed by atoms with Gasteiger partial charge < -0.3 is 21.3 Å². The van der Waals surface area contributed by atoms with E-state index in [1.54, 1.807) is 18.2 Å². The SMILES string of the molecule is CCCC(NC[C@H](Cc1ccccc1)NC(=O)c1cc(NCC2CC2C)cc(N(C)S(C)(=O)=O)c1)C(=O)NCC(C)C. The number of benzene rings is 2. The molecule has 232 valence electrons. The zero-order chi connectivity index (χ0) is 30.9. The van der Waals surface area contributed by atoms with Crippen LogP contribution in [0.1, 0.15) is 62.9 Å². The van der Waals surface area contributed by atoms with Gasteiger partial charge in [-0.2, -0.15) is 0 Å². The first-order valence-electron chi connectivity index (χ1n) is 15.1. The van der Waals surface area contributed by atoms with Crippen LogP contribution in [0, 0.1) is 17.8 Å². The van der Waals surface area contributed by atoms with Gasteiger partial charge in [-0.3, -0.25) is 13.9 Å². The van der Waals surface area contributed by atoms with Gasteiger partial charge >= 0.3 is 0 Å². The summed E-state index contributed by atoms with van der Waals surface area (Å²) in [5, 5.41) is 13.0. The minimum absolute atomic E-state index is 0.0347. The maximum Gasteiger partial charge on any atom is 0.251 e. The molecule has 3 rings (SSSR count). The Morgan fingerprint density at radius 2 is 1.76 bits per heavy atom. The van der Waals surface area contributed by atoms with Gasteiger partial charge in [-0.05, 0) is 60.8 Å². The predicted molar refractivity (Wildman–Crippen MR) is 171 cm³/mol. The Labute approximate surface area is 252 Å². The van der Waals surface area contributed by atoms with Crippen LogP contribution < -0.4 is 25.6 Å². The molecule has 2 aromatic rings. The summed E-state index contributed by atoms with van der Waals surface area (Å²) in [4.78, 5) is 26.6. The fraction of sp³-hybridized carbons (Fsp3) is 0.562. The van der Waals surface area contributed by atoms with Crippen LogP contribution >= 0.6 is 0 Å². The topological polar surface area (TPSA) is 120 Å². The Morgan fingerprint density at radius 3 is 2.36 bits per heavy atom. The average Bonchev–Trinajstić information content (AvgIpc) is 3.66. The summed E-state index contributed by atoms with van der Waals surface area (Å²) in [5.74, 6) is 1.25. The van der Waals surface area contributed by atoms with E-state index in [9.17, 15) is 18.0 Å². The Bertz CT molecular complexity index is 1290. The third kappa shape index (κ3) is 10.6. The molecule has 1 saturated carbocycles. The normalized spacial score (nSPS) is 17.8. The van der Waals surface area contributed by atoms with Gasteiger partial charge in [0.2, 0.25) is 15.9 Å². The third-order valence-corrected chi connectivity index (χ3v) is 8.94. The fourth-order valence-electron chi connectivity index (χ4n) is 4.82. The van der Waals surface area contributed by atoms with Crippen LogP contribution in [0.2, 0.25) is 0 Å². The summed E-state index contributed by atoms with van der Waals surface area (Å²) >= 11 is 0. The Morgan fingerprint density at radius 1 is 1.07 bits per heavy atom. The lowest BCUT2D eigenvalue weighted by Gasteiger charge is -2.25. The average molecular weight is 600 g/mol. The first-order valence-corrected chi connectivity index (χ1v) is 16.9. The number of carbonyl (C=O) groups excluding carboxylic acids is 2. The fourth-order valence-corrected chi connectivity index (χ4v) is 5.31. The van der Waals surface area contributed by atoms with E-state index in [1.165, 1.54) is 11.4 Å². The van der Waals surface area contributed by atoms with Gasteiger partial charge in [-0.25, -0.2) is 8.42 Å². The molecule has 9 nitrogen and oxygen atoms in total. The monoisotopic (exact) mass is 599 g/mol. The lowest BCUT2D eigenvalue weighted by Crippen LogP contribution is -2.51. The maximum absolute atomic E-state index is 13.7. The van der Waals surface area contributed by atoms with Crippen molar-refractivity contribution in [3.63, 3.8) is 0 Å². The molecule has 4 N–H and O–H groups in total. The van der Waals surface area contributed by atoms with E-state index < -0.39 is 10.0 Å². The zero-order valence-electron chi connectivity index (χ0n) is 25.9. The van der Waals surface area contributed by atoms with E-state index in [2.05, 4.69) is 42.0 Å². The molecule has 0 heterocycles. The highest BCUT2D eigenvalue weighted by molar-refractivity contribution is 7.92. The molecule has 42 heavy (non-hydrogen) atoms. The van der Waals surface area contributed by atoms with Crippen LogP contribution in [0.15, 0.2) is 48.5 Å². The molecule has 0 aliphatic heterocycles. The predicted octanol–water partition coefficient (Wildman–Crippen LogP) is 4.02. The molecule has 0 aromatic heterocycles. The van der Waals surface area contributed by atoms with Gasteiger partial charge in [0.05, 0.1) is 18.0 Å². The highest BCUT2D eigenvalue weighted by Crippen LogP contribution is 2.37. The van der Waals surface area contributed by atoms with E-state index in [4.69, 9.17) is 0 Å². The van der Waals surface area contributed by atoms with Crippen molar-refractivity contribution in [3.8, 4) is 0 Å². The van der Waals surface area contributed by atoms with Gasteiger partial charge in [-0.15, -0.1) is 0 Å². The van der Waals surface area contributed by atoms with Gasteiger partial charge in [0.25, 0.3) is 5.91 Å². The molecule has 0 bridgehead atoms. The van der Waals surface area contributed by atoms with Crippen molar-refractivity contribution in [3.05, 3.63) is 59.7 Å². The molecule has 2 aromatic carbocycles. The van der Waals surface area contributed by atoms with Gasteiger partial charge in [0, 0.05) is 44.0 Å². The van der Waals surface area contributed by atoms with Crippen molar-refractivity contribution in [2.24, 2.45) is 17.8 Å². The summed E-state index contributed by atoms with van der Waals surface area (Å²) < 4.78 is 25.8. The molecular formula is C32H49N5O4S. The lowest BCUT2D eigenvalue weighted by atomic mass is 10.0. The molecule has 3 unspecified atom stereocenters. The summed E-state index contributed by atoms with van der Waals surface area (Å²) in [6.45, 7) is 10.1. The Hall–Kier alpha value is -3.11. The number of hydrogen-bond donors (Lipinski definition) is 4. The van der Waals surface area contributed by atoms with Gasteiger partial charge in [0.1, 0.15) is 0 Å². The van der Waals surface area contributed by atoms with Gasteiger partial charge in [0.15, 0.2) is 0 Å². The largest absolute Gasteiger partial charge is 0.385 e.